The Labute approximate surface area is 147 Å². The molecule has 1 aliphatic carbocycles. The average Bonchev–Trinajstić information content (AvgIpc) is 3.38. The molecule has 1 aromatic carbocycles. The number of aromatic nitrogens is 1. The third-order valence-electron chi connectivity index (χ3n) is 5.48. The fraction of sp³-hybridized carbons (Fsp3) is 0.500. The van der Waals surface area contributed by atoms with Crippen LogP contribution < -0.4 is 10.9 Å². The lowest BCUT2D eigenvalue weighted by molar-refractivity contribution is -0.122. The fourth-order valence-electron chi connectivity index (χ4n) is 3.80. The van der Waals surface area contributed by atoms with E-state index in [9.17, 15) is 9.59 Å². The largest absolute Gasteiger partial charge is 0.356 e. The number of carbonyl (C=O) groups is 1. The van der Waals surface area contributed by atoms with Crippen molar-refractivity contribution in [2.45, 2.75) is 25.8 Å². The van der Waals surface area contributed by atoms with Crippen LogP contribution in [-0.2, 0) is 18.4 Å². The van der Waals surface area contributed by atoms with Gasteiger partial charge in [-0.05, 0) is 49.2 Å². The molecule has 5 heteroatoms. The summed E-state index contributed by atoms with van der Waals surface area (Å²) in [4.78, 5) is 26.7. The second kappa shape index (κ2) is 6.64. The van der Waals surface area contributed by atoms with Gasteiger partial charge in [0.2, 0.25) is 5.91 Å². The summed E-state index contributed by atoms with van der Waals surface area (Å²) in [7, 11) is 1.84. The Bertz CT molecular complexity index is 854. The van der Waals surface area contributed by atoms with Crippen LogP contribution in [0.25, 0.3) is 10.9 Å². The normalized spacial score (nSPS) is 20.9. The van der Waals surface area contributed by atoms with Gasteiger partial charge in [-0.25, -0.2) is 0 Å². The predicted molar refractivity (Wildman–Crippen MR) is 98.3 cm³/mol. The van der Waals surface area contributed by atoms with E-state index in [1.165, 1.54) is 0 Å². The molecule has 2 aromatic rings. The smallest absolute Gasteiger partial charge is 0.255 e. The molecule has 132 valence electrons. The predicted octanol–water partition coefficient (Wildman–Crippen LogP) is 1.89. The number of pyridine rings is 1. The number of nitrogens with zero attached hydrogens (tertiary/aromatic N) is 2. The summed E-state index contributed by atoms with van der Waals surface area (Å²) < 4.78 is 1.74. The first-order valence-electron chi connectivity index (χ1n) is 9.19. The second-order valence-electron chi connectivity index (χ2n) is 7.50. The molecule has 4 rings (SSSR count). The highest BCUT2D eigenvalue weighted by atomic mass is 16.2. The monoisotopic (exact) mass is 339 g/mol. The molecular formula is C20H25N3O2. The molecule has 2 heterocycles. The third kappa shape index (κ3) is 3.47. The van der Waals surface area contributed by atoms with Crippen LogP contribution in [-0.4, -0.2) is 35.0 Å². The number of benzene rings is 1. The zero-order chi connectivity index (χ0) is 17.4. The summed E-state index contributed by atoms with van der Waals surface area (Å²) >= 11 is 0. The zero-order valence-electron chi connectivity index (χ0n) is 14.7. The Morgan fingerprint density at radius 3 is 2.84 bits per heavy atom. The molecule has 1 saturated carbocycles. The highest BCUT2D eigenvalue weighted by Crippen LogP contribution is 2.29. The van der Waals surface area contributed by atoms with Crippen LogP contribution in [0, 0.1) is 11.8 Å². The van der Waals surface area contributed by atoms with Crippen molar-refractivity contribution in [3.05, 3.63) is 46.2 Å². The molecule has 25 heavy (non-hydrogen) atoms. The summed E-state index contributed by atoms with van der Waals surface area (Å²) in [5.74, 6) is 0.993. The standard InChI is InChI=1S/C20H25N3O2/c1-22-18-5-3-2-4-16(18)10-17(20(22)25)13-23-9-8-14(12-23)11-21-19(24)15-6-7-15/h2-5,10,14-15H,6-9,11-13H2,1H3,(H,21,24)/t14-/m1/s1. The quantitative estimate of drug-likeness (QED) is 0.905. The lowest BCUT2D eigenvalue weighted by Crippen LogP contribution is -2.32. The first-order chi connectivity index (χ1) is 12.1. The van der Waals surface area contributed by atoms with Gasteiger partial charge < -0.3 is 9.88 Å². The minimum atomic E-state index is 0.0872. The van der Waals surface area contributed by atoms with Crippen LogP contribution >= 0.6 is 0 Å². The van der Waals surface area contributed by atoms with Crippen LogP contribution in [0.5, 0.6) is 0 Å². The van der Waals surface area contributed by atoms with Crippen molar-refractivity contribution in [3.63, 3.8) is 0 Å². The first-order valence-corrected chi connectivity index (χ1v) is 9.19. The Morgan fingerprint density at radius 2 is 2.04 bits per heavy atom. The van der Waals surface area contributed by atoms with Gasteiger partial charge in [-0.2, -0.15) is 0 Å². The van der Waals surface area contributed by atoms with E-state index in [2.05, 4.69) is 16.3 Å². The van der Waals surface area contributed by atoms with E-state index in [4.69, 9.17) is 0 Å². The van der Waals surface area contributed by atoms with E-state index in [1.54, 1.807) is 4.57 Å². The maximum atomic E-state index is 12.6. The average molecular weight is 339 g/mol. The summed E-state index contributed by atoms with van der Waals surface area (Å²) in [6, 6.07) is 10.0. The van der Waals surface area contributed by atoms with Gasteiger partial charge in [-0.3, -0.25) is 14.5 Å². The van der Waals surface area contributed by atoms with Gasteiger partial charge in [0, 0.05) is 38.2 Å². The van der Waals surface area contributed by atoms with Crippen LogP contribution in [0.1, 0.15) is 24.8 Å². The van der Waals surface area contributed by atoms with Gasteiger partial charge >= 0.3 is 0 Å². The third-order valence-corrected chi connectivity index (χ3v) is 5.48. The Hall–Kier alpha value is -2.14. The maximum Gasteiger partial charge on any atom is 0.255 e. The minimum absolute atomic E-state index is 0.0872. The Balaban J connectivity index is 1.41. The molecule has 2 fully saturated rings. The van der Waals surface area contributed by atoms with Crippen molar-refractivity contribution >= 4 is 16.8 Å². The lowest BCUT2D eigenvalue weighted by atomic mass is 10.1. The topological polar surface area (TPSA) is 54.3 Å². The number of carbonyl (C=O) groups excluding carboxylic acids is 1. The summed E-state index contributed by atoms with van der Waals surface area (Å²) in [5, 5.41) is 4.19. The zero-order valence-corrected chi connectivity index (χ0v) is 14.7. The molecule has 1 aliphatic heterocycles. The van der Waals surface area contributed by atoms with Crippen molar-refractivity contribution < 1.29 is 4.79 Å². The summed E-state index contributed by atoms with van der Waals surface area (Å²) in [6.45, 7) is 3.38. The molecule has 1 saturated heterocycles. The van der Waals surface area contributed by atoms with Crippen LogP contribution in [0.4, 0.5) is 0 Å². The maximum absolute atomic E-state index is 12.6. The van der Waals surface area contributed by atoms with Crippen molar-refractivity contribution in [2.24, 2.45) is 18.9 Å². The van der Waals surface area contributed by atoms with Gasteiger partial charge in [0.15, 0.2) is 0 Å². The number of likely N-dealkylation sites (tertiary alicyclic amines) is 1. The van der Waals surface area contributed by atoms with Gasteiger partial charge in [0.05, 0.1) is 5.52 Å². The number of nitrogens with one attached hydrogen (secondary N) is 1. The van der Waals surface area contributed by atoms with Gasteiger partial charge in [0.1, 0.15) is 0 Å². The van der Waals surface area contributed by atoms with Crippen molar-refractivity contribution in [1.29, 1.82) is 0 Å². The molecule has 1 atom stereocenters. The molecule has 0 unspecified atom stereocenters. The number of hydrogen-bond donors (Lipinski definition) is 1. The Morgan fingerprint density at radius 1 is 1.24 bits per heavy atom. The minimum Gasteiger partial charge on any atom is -0.356 e. The molecular weight excluding hydrogens is 314 g/mol. The summed E-state index contributed by atoms with van der Waals surface area (Å²) in [5.41, 5.74) is 1.91. The SMILES string of the molecule is Cn1c(=O)c(CN2CC[C@H](CNC(=O)C3CC3)C2)cc2ccccc21. The number of aryl methyl sites for hydroxylation is 1. The number of fused-ring (bicyclic) bond motifs is 1. The van der Waals surface area contributed by atoms with Crippen LogP contribution in [0.2, 0.25) is 0 Å². The molecule has 2 aliphatic rings. The molecule has 1 N–H and O–H groups in total. The molecule has 1 aromatic heterocycles. The van der Waals surface area contributed by atoms with Gasteiger partial charge in [-0.15, -0.1) is 0 Å². The molecule has 0 spiro atoms. The molecule has 5 nitrogen and oxygen atoms in total. The molecule has 0 radical (unpaired) electrons. The van der Waals surface area contributed by atoms with Crippen molar-refractivity contribution in [3.8, 4) is 0 Å². The van der Waals surface area contributed by atoms with Gasteiger partial charge in [0.25, 0.3) is 5.56 Å². The number of hydrogen-bond acceptors (Lipinski definition) is 3. The van der Waals surface area contributed by atoms with Crippen molar-refractivity contribution in [1.82, 2.24) is 14.8 Å². The fourth-order valence-corrected chi connectivity index (χ4v) is 3.80. The van der Waals surface area contributed by atoms with Crippen molar-refractivity contribution in [2.75, 3.05) is 19.6 Å². The number of amides is 1. The number of para-hydroxylation sites is 1. The first kappa shape index (κ1) is 16.3. The highest BCUT2D eigenvalue weighted by molar-refractivity contribution is 5.81. The summed E-state index contributed by atoms with van der Waals surface area (Å²) in [6.07, 6.45) is 3.18. The van der Waals surface area contributed by atoms with Crippen LogP contribution in [0.15, 0.2) is 35.1 Å². The lowest BCUT2D eigenvalue weighted by Gasteiger charge is -2.17. The van der Waals surface area contributed by atoms with E-state index < -0.39 is 0 Å². The van der Waals surface area contributed by atoms with E-state index in [-0.39, 0.29) is 17.4 Å². The second-order valence-corrected chi connectivity index (χ2v) is 7.50. The van der Waals surface area contributed by atoms with E-state index in [1.807, 2.05) is 31.3 Å². The molecule has 1 amide bonds. The molecule has 0 bridgehead atoms. The van der Waals surface area contributed by atoms with Gasteiger partial charge in [-0.1, -0.05) is 18.2 Å². The van der Waals surface area contributed by atoms with E-state index >= 15 is 0 Å². The Kier molecular flexibility index (Phi) is 4.34. The highest BCUT2D eigenvalue weighted by Gasteiger charge is 2.30. The van der Waals surface area contributed by atoms with E-state index in [0.717, 1.165) is 55.4 Å². The van der Waals surface area contributed by atoms with Crippen LogP contribution in [0.3, 0.4) is 0 Å². The van der Waals surface area contributed by atoms with E-state index in [0.29, 0.717) is 12.5 Å². The number of rotatable bonds is 5.